The Hall–Kier alpha value is -0.790. The number of halogens is 1. The van der Waals surface area contributed by atoms with Crippen LogP contribution in [0.4, 0.5) is 0 Å². The van der Waals surface area contributed by atoms with Gasteiger partial charge in [-0.15, -0.1) is 0 Å². The first-order chi connectivity index (χ1) is 31.6. The number of piperazine rings is 1. The van der Waals surface area contributed by atoms with Gasteiger partial charge in [0.2, 0.25) is 0 Å². The highest BCUT2D eigenvalue weighted by Gasteiger charge is 2.28. The maximum absolute atomic E-state index is 12.1. The summed E-state index contributed by atoms with van der Waals surface area (Å²) in [6, 6.07) is 0. The number of hydrogen-bond donors (Lipinski definition) is 0. The fraction of sp³-hybridized carbons (Fsp3) is 0.940. The lowest BCUT2D eigenvalue weighted by molar-refractivity contribution is -0.913. The molecule has 15 heteroatoms. The fourth-order valence-electron chi connectivity index (χ4n) is 7.05. The minimum Gasteiger partial charge on any atom is -1.00 e. The van der Waals surface area contributed by atoms with Crippen LogP contribution in [0.2, 0.25) is 0 Å². The van der Waals surface area contributed by atoms with Gasteiger partial charge in [0, 0.05) is 26.2 Å². The first kappa shape index (κ1) is 64.2. The number of unbranched alkanes of at least 4 members (excludes halogenated alkanes) is 13. The molecule has 0 bridgehead atoms. The number of nitrogens with zero attached hydrogens (tertiary/aromatic N) is 2. The Morgan fingerprint density at radius 1 is 0.431 bits per heavy atom. The van der Waals surface area contributed by atoms with Crippen LogP contribution in [0.15, 0.2) is 12.2 Å². The van der Waals surface area contributed by atoms with Crippen molar-refractivity contribution in [3.05, 3.63) is 12.2 Å². The Morgan fingerprint density at radius 3 is 1.14 bits per heavy atom. The minimum absolute atomic E-state index is 0. The number of quaternary nitrogens is 1. The summed E-state index contributed by atoms with van der Waals surface area (Å²) in [5, 5.41) is 0. The van der Waals surface area contributed by atoms with E-state index >= 15 is 0 Å². The lowest BCUT2D eigenvalue weighted by Crippen LogP contribution is -3.00. The zero-order valence-corrected chi connectivity index (χ0v) is 43.5. The molecular weight excluding hydrogens is 900 g/mol. The normalized spacial score (nSPS) is 14.1. The van der Waals surface area contributed by atoms with E-state index in [2.05, 4.69) is 37.9 Å². The van der Waals surface area contributed by atoms with Gasteiger partial charge in [0.05, 0.1) is 159 Å². The van der Waals surface area contributed by atoms with Crippen LogP contribution < -0.4 is 17.0 Å². The molecule has 0 spiro atoms. The van der Waals surface area contributed by atoms with E-state index in [9.17, 15) is 4.79 Å². The van der Waals surface area contributed by atoms with Crippen molar-refractivity contribution in [1.82, 2.24) is 4.90 Å². The van der Waals surface area contributed by atoms with Gasteiger partial charge in [0.15, 0.2) is 0 Å². The number of rotatable bonds is 52. The van der Waals surface area contributed by atoms with Crippen molar-refractivity contribution >= 4 is 5.97 Å². The molecule has 0 radical (unpaired) electrons. The first-order valence-electron chi connectivity index (χ1n) is 25.7. The Labute approximate surface area is 408 Å². The van der Waals surface area contributed by atoms with Gasteiger partial charge in [-0.3, -0.25) is 9.69 Å². The van der Waals surface area contributed by atoms with E-state index in [1.165, 1.54) is 103 Å². The quantitative estimate of drug-likeness (QED) is 0.0363. The predicted octanol–water partition coefficient (Wildman–Crippen LogP) is 4.69. The molecule has 1 fully saturated rings. The van der Waals surface area contributed by atoms with Gasteiger partial charge in [-0.1, -0.05) is 90.2 Å². The number of ether oxygens (including phenoxy) is 11. The van der Waals surface area contributed by atoms with Crippen LogP contribution in [-0.2, 0) is 56.9 Å². The van der Waals surface area contributed by atoms with Gasteiger partial charge in [-0.25, -0.2) is 0 Å². The number of likely N-dealkylation sites (N-methyl/N-ethyl adjacent to an activating group) is 1. The smallest absolute Gasteiger partial charge is 0.307 e. The maximum Gasteiger partial charge on any atom is 0.307 e. The van der Waals surface area contributed by atoms with Crippen molar-refractivity contribution in [2.45, 2.75) is 123 Å². The summed E-state index contributed by atoms with van der Waals surface area (Å²) in [7, 11) is 2.35. The van der Waals surface area contributed by atoms with Gasteiger partial charge < -0.3 is 73.6 Å². The summed E-state index contributed by atoms with van der Waals surface area (Å²) >= 11 is 0. The lowest BCUT2D eigenvalue weighted by Gasteiger charge is -2.42. The molecule has 388 valence electrons. The third-order valence-corrected chi connectivity index (χ3v) is 11.2. The summed E-state index contributed by atoms with van der Waals surface area (Å²) in [6.07, 6.45) is 26.2. The van der Waals surface area contributed by atoms with E-state index in [-0.39, 0.29) is 29.6 Å². The first-order valence-corrected chi connectivity index (χ1v) is 25.7. The molecule has 14 nitrogen and oxygen atoms in total. The van der Waals surface area contributed by atoms with Crippen molar-refractivity contribution in [3.8, 4) is 0 Å². The highest BCUT2D eigenvalue weighted by Crippen LogP contribution is 2.13. The molecule has 0 N–H and O–H groups in total. The van der Waals surface area contributed by atoms with E-state index in [4.69, 9.17) is 52.1 Å². The molecule has 1 heterocycles. The summed E-state index contributed by atoms with van der Waals surface area (Å²) in [4.78, 5) is 14.5. The summed E-state index contributed by atoms with van der Waals surface area (Å²) in [5.74, 6) is -0.161. The second-order valence-corrected chi connectivity index (χ2v) is 17.0. The molecule has 1 aliphatic heterocycles. The van der Waals surface area contributed by atoms with Crippen LogP contribution in [0, 0.1) is 0 Å². The summed E-state index contributed by atoms with van der Waals surface area (Å²) < 4.78 is 62.0. The van der Waals surface area contributed by atoms with Crippen LogP contribution in [0.5, 0.6) is 0 Å². The van der Waals surface area contributed by atoms with E-state index in [1.807, 2.05) is 0 Å². The van der Waals surface area contributed by atoms with Gasteiger partial charge in [-0.2, -0.15) is 0 Å². The van der Waals surface area contributed by atoms with E-state index in [1.54, 1.807) is 0 Å². The van der Waals surface area contributed by atoms with Gasteiger partial charge in [0.1, 0.15) is 6.61 Å². The van der Waals surface area contributed by atoms with Crippen molar-refractivity contribution in [2.75, 3.05) is 185 Å². The number of carbonyl (C=O) groups excluding carboxylic acids is 1. The molecule has 65 heavy (non-hydrogen) atoms. The molecule has 0 aromatic heterocycles. The van der Waals surface area contributed by atoms with Gasteiger partial charge >= 0.3 is 5.97 Å². The monoisotopic (exact) mass is 999 g/mol. The van der Waals surface area contributed by atoms with Crippen molar-refractivity contribution in [3.63, 3.8) is 0 Å². The zero-order chi connectivity index (χ0) is 46.0. The Kier molecular flexibility index (Phi) is 51.9. The van der Waals surface area contributed by atoms with Gasteiger partial charge in [0.25, 0.3) is 0 Å². The van der Waals surface area contributed by atoms with Crippen molar-refractivity contribution < 1.29 is 78.4 Å². The zero-order valence-electron chi connectivity index (χ0n) is 41.9. The molecule has 1 saturated heterocycles. The highest BCUT2D eigenvalue weighted by atomic mass is 79.9. The van der Waals surface area contributed by atoms with Crippen LogP contribution in [0.3, 0.4) is 0 Å². The van der Waals surface area contributed by atoms with Gasteiger partial charge in [-0.05, 0) is 38.5 Å². The Bertz CT molecular complexity index is 981. The van der Waals surface area contributed by atoms with E-state index in [0.717, 1.165) is 50.2 Å². The molecule has 0 aromatic rings. The van der Waals surface area contributed by atoms with E-state index in [0.29, 0.717) is 132 Å². The van der Waals surface area contributed by atoms with Crippen LogP contribution in [-0.4, -0.2) is 200 Å². The SMILES string of the molecule is CCCCCCCC/C=C/CCCCCCCCOCCOCCOCCOCCOCCOCCOCCOCCOCCOCCOC(=O)CCN1CC[N+](C)(CCCC)CC1.[Br-]. The summed E-state index contributed by atoms with van der Waals surface area (Å²) in [5.41, 5.74) is 0. The van der Waals surface area contributed by atoms with Crippen LogP contribution in [0.1, 0.15) is 123 Å². The Morgan fingerprint density at radius 2 is 0.754 bits per heavy atom. The summed E-state index contributed by atoms with van der Waals surface area (Å²) in [6.45, 7) is 21.8. The number of hydrogen-bond acceptors (Lipinski definition) is 13. The van der Waals surface area contributed by atoms with E-state index < -0.39 is 0 Å². The standard InChI is InChI=1S/C50H99N2O12.BrH/c1-4-6-8-9-10-11-12-13-14-15-16-17-18-19-20-21-29-54-30-31-55-32-33-56-34-35-57-36-37-58-38-39-59-40-41-60-42-43-61-44-45-62-46-47-63-48-49-64-50(53)22-23-51-24-27-52(3,28-25-51)26-7-5-2;/h13-14H,4-12,15-49H2,1-3H3;1H/q+1;/p-1/b14-13+;. The molecule has 0 atom stereocenters. The second kappa shape index (κ2) is 52.6. The molecule has 0 aromatic carbocycles. The number of allylic oxidation sites excluding steroid dienone is 2. The minimum atomic E-state index is -0.161. The maximum atomic E-state index is 12.1. The van der Waals surface area contributed by atoms with Crippen LogP contribution in [0.25, 0.3) is 0 Å². The predicted molar refractivity (Wildman–Crippen MR) is 255 cm³/mol. The molecule has 0 aliphatic carbocycles. The second-order valence-electron chi connectivity index (χ2n) is 17.0. The molecule has 1 rings (SSSR count). The lowest BCUT2D eigenvalue weighted by atomic mass is 10.1. The third kappa shape index (κ3) is 48.0. The van der Waals surface area contributed by atoms with Crippen molar-refractivity contribution in [1.29, 1.82) is 0 Å². The average molecular weight is 1000 g/mol. The topological polar surface area (TPSA) is 122 Å². The molecular formula is C50H99BrN2O12. The number of carbonyl (C=O) groups is 1. The van der Waals surface area contributed by atoms with Crippen molar-refractivity contribution in [2.24, 2.45) is 0 Å². The third-order valence-electron chi connectivity index (χ3n) is 11.2. The molecule has 0 unspecified atom stereocenters. The largest absolute Gasteiger partial charge is 1.00 e. The average Bonchev–Trinajstić information content (AvgIpc) is 3.30. The molecule has 1 aliphatic rings. The molecule has 0 saturated carbocycles. The Balaban J connectivity index is 0.0000410. The highest BCUT2D eigenvalue weighted by molar-refractivity contribution is 5.69. The molecule has 0 amide bonds. The fourth-order valence-corrected chi connectivity index (χ4v) is 7.05. The van der Waals surface area contributed by atoms with Crippen LogP contribution >= 0.6 is 0 Å². The number of esters is 1.